The largest absolute Gasteiger partial charge is 0.451 e. The van der Waals surface area contributed by atoms with Crippen molar-refractivity contribution in [1.82, 2.24) is 4.98 Å². The second-order valence-corrected chi connectivity index (χ2v) is 7.27. The molecule has 0 saturated carbocycles. The van der Waals surface area contributed by atoms with Gasteiger partial charge in [-0.25, -0.2) is 4.79 Å². The third-order valence-electron chi connectivity index (χ3n) is 5.26. The number of Topliss-reactive ketones (excluding diaryl/α,β-unsaturated/α-hetero) is 1. The summed E-state index contributed by atoms with van der Waals surface area (Å²) in [6.45, 7) is 3.60. The van der Waals surface area contributed by atoms with Crippen LogP contribution in [0, 0.1) is 0 Å². The third-order valence-corrected chi connectivity index (χ3v) is 5.26. The summed E-state index contributed by atoms with van der Waals surface area (Å²) in [6, 6.07) is 13.2. The van der Waals surface area contributed by atoms with Crippen LogP contribution in [0.2, 0.25) is 0 Å². The Kier molecular flexibility index (Phi) is 4.95. The number of benzene rings is 2. The van der Waals surface area contributed by atoms with Crippen LogP contribution in [0.3, 0.4) is 0 Å². The zero-order chi connectivity index (χ0) is 21.4. The lowest BCUT2D eigenvalue weighted by molar-refractivity contribution is -0.116. The summed E-state index contributed by atoms with van der Waals surface area (Å²) in [7, 11) is 0. The van der Waals surface area contributed by atoms with E-state index in [1.165, 1.54) is 19.9 Å². The zero-order valence-electron chi connectivity index (χ0n) is 16.6. The van der Waals surface area contributed by atoms with Crippen LogP contribution in [0.4, 0.5) is 5.69 Å². The Morgan fingerprint density at radius 1 is 1.10 bits per heavy atom. The molecule has 0 aliphatic carbocycles. The van der Waals surface area contributed by atoms with E-state index in [1.807, 2.05) is 0 Å². The summed E-state index contributed by atoms with van der Waals surface area (Å²) in [6.07, 6.45) is -0.359. The number of hydrogen-bond acceptors (Lipinski definition) is 5. The van der Waals surface area contributed by atoms with Crippen molar-refractivity contribution in [2.45, 2.75) is 26.4 Å². The molecule has 0 radical (unpaired) electrons. The van der Waals surface area contributed by atoms with E-state index in [-0.39, 0.29) is 17.3 Å². The number of H-pyrrole nitrogens is 1. The summed E-state index contributed by atoms with van der Waals surface area (Å²) < 4.78 is 5.39. The van der Waals surface area contributed by atoms with Gasteiger partial charge in [0.15, 0.2) is 6.10 Å². The molecule has 1 aliphatic heterocycles. The van der Waals surface area contributed by atoms with Crippen LogP contribution >= 0.6 is 0 Å². The number of nitrogens with one attached hydrogen (secondary N) is 1. The smallest absolute Gasteiger partial charge is 0.339 e. The summed E-state index contributed by atoms with van der Waals surface area (Å²) in [5.74, 6) is -1.12. The Balaban J connectivity index is 1.56. The summed E-state index contributed by atoms with van der Waals surface area (Å²) in [4.78, 5) is 53.4. The number of fused-ring (bicyclic) bond motifs is 2. The zero-order valence-corrected chi connectivity index (χ0v) is 16.6. The molecule has 0 bridgehead atoms. The molecule has 7 nitrogen and oxygen atoms in total. The highest BCUT2D eigenvalue weighted by Gasteiger charge is 2.26. The number of para-hydroxylation sites is 1. The van der Waals surface area contributed by atoms with E-state index in [1.54, 1.807) is 47.4 Å². The molecule has 0 fully saturated rings. The van der Waals surface area contributed by atoms with Crippen molar-refractivity contribution < 1.29 is 19.1 Å². The number of nitrogens with zero attached hydrogens (tertiary/aromatic N) is 1. The summed E-state index contributed by atoms with van der Waals surface area (Å²) >= 11 is 0. The number of aromatic amines is 1. The minimum absolute atomic E-state index is 0.0415. The van der Waals surface area contributed by atoms with Gasteiger partial charge in [0, 0.05) is 41.7 Å². The van der Waals surface area contributed by atoms with Crippen molar-refractivity contribution in [2.75, 3.05) is 11.4 Å². The van der Waals surface area contributed by atoms with E-state index in [0.717, 1.165) is 11.3 Å². The van der Waals surface area contributed by atoms with Gasteiger partial charge in [-0.05, 0) is 43.2 Å². The van der Waals surface area contributed by atoms with E-state index < -0.39 is 17.6 Å². The molecule has 1 amide bonds. The molecule has 2 heterocycles. The number of pyridine rings is 1. The van der Waals surface area contributed by atoms with E-state index in [2.05, 4.69) is 4.98 Å². The lowest BCUT2D eigenvalue weighted by atomic mass is 10.0. The maximum atomic E-state index is 12.8. The van der Waals surface area contributed by atoms with Gasteiger partial charge < -0.3 is 14.6 Å². The van der Waals surface area contributed by atoms with Gasteiger partial charge >= 0.3 is 5.97 Å². The number of hydrogen-bond donors (Lipinski definition) is 1. The second kappa shape index (κ2) is 7.59. The molecule has 152 valence electrons. The van der Waals surface area contributed by atoms with Crippen molar-refractivity contribution in [2.24, 2.45) is 0 Å². The minimum Gasteiger partial charge on any atom is -0.451 e. The predicted octanol–water partition coefficient (Wildman–Crippen LogP) is 2.87. The quantitative estimate of drug-likeness (QED) is 0.533. The highest BCUT2D eigenvalue weighted by molar-refractivity contribution is 6.06. The van der Waals surface area contributed by atoms with Gasteiger partial charge in [0.2, 0.25) is 17.2 Å². The first-order chi connectivity index (χ1) is 14.3. The van der Waals surface area contributed by atoms with Gasteiger partial charge in [0.25, 0.3) is 0 Å². The number of esters is 1. The Bertz CT molecular complexity index is 1240. The molecule has 1 atom stereocenters. The second-order valence-electron chi connectivity index (χ2n) is 7.27. The third kappa shape index (κ3) is 3.50. The van der Waals surface area contributed by atoms with Crippen molar-refractivity contribution in [3.63, 3.8) is 0 Å². The van der Waals surface area contributed by atoms with E-state index in [0.29, 0.717) is 29.4 Å². The molecule has 2 aromatic carbocycles. The maximum Gasteiger partial charge on any atom is 0.339 e. The van der Waals surface area contributed by atoms with Gasteiger partial charge in [-0.1, -0.05) is 18.2 Å². The van der Waals surface area contributed by atoms with E-state index in [4.69, 9.17) is 4.74 Å². The highest BCUT2D eigenvalue weighted by Crippen LogP contribution is 2.29. The number of carbonyl (C=O) groups excluding carboxylic acids is 3. The Hall–Kier alpha value is -3.74. The normalized spacial score (nSPS) is 13.7. The number of carbonyl (C=O) groups is 3. The summed E-state index contributed by atoms with van der Waals surface area (Å²) in [5, 5.41) is 0.545. The predicted molar refractivity (Wildman–Crippen MR) is 112 cm³/mol. The van der Waals surface area contributed by atoms with Crippen LogP contribution in [0.15, 0.2) is 53.3 Å². The Morgan fingerprint density at radius 2 is 1.87 bits per heavy atom. The first-order valence-corrected chi connectivity index (χ1v) is 9.63. The molecule has 0 unspecified atom stereocenters. The molecule has 1 aliphatic rings. The molecule has 7 heteroatoms. The molecule has 30 heavy (non-hydrogen) atoms. The molecule has 0 saturated heterocycles. The first kappa shape index (κ1) is 19.6. The average molecular weight is 404 g/mol. The maximum absolute atomic E-state index is 12.8. The number of ether oxygens (including phenoxy) is 1. The molecular formula is C23H20N2O5. The van der Waals surface area contributed by atoms with Crippen molar-refractivity contribution >= 4 is 34.3 Å². The first-order valence-electron chi connectivity index (χ1n) is 9.63. The molecule has 1 aromatic heterocycles. The molecule has 4 rings (SSSR count). The van der Waals surface area contributed by atoms with Crippen LogP contribution in [0.1, 0.15) is 40.1 Å². The van der Waals surface area contributed by atoms with Crippen LogP contribution in [-0.2, 0) is 16.0 Å². The average Bonchev–Trinajstić information content (AvgIpc) is 3.16. The van der Waals surface area contributed by atoms with Gasteiger partial charge in [-0.3, -0.25) is 14.4 Å². The molecular weight excluding hydrogens is 384 g/mol. The van der Waals surface area contributed by atoms with Crippen LogP contribution in [0.5, 0.6) is 0 Å². The fourth-order valence-corrected chi connectivity index (χ4v) is 3.77. The SMILES string of the molecule is CC(=O)N1CCc2cc(C(=O)[C@H](C)OC(=O)c3cc(=O)[nH]c4ccccc34)ccc21. The number of anilines is 1. The minimum atomic E-state index is -1.03. The summed E-state index contributed by atoms with van der Waals surface area (Å²) in [5.41, 5.74) is 2.34. The van der Waals surface area contributed by atoms with Crippen molar-refractivity contribution in [1.29, 1.82) is 0 Å². The fraction of sp³-hybridized carbons (Fsp3) is 0.217. The van der Waals surface area contributed by atoms with Crippen LogP contribution in [-0.4, -0.2) is 35.3 Å². The van der Waals surface area contributed by atoms with Gasteiger partial charge in [0.05, 0.1) is 5.56 Å². The van der Waals surface area contributed by atoms with E-state index >= 15 is 0 Å². The topological polar surface area (TPSA) is 96.5 Å². The number of amides is 1. The standard InChI is InChI=1S/C23H20N2O5/c1-13(22(28)16-7-8-20-15(11-16)9-10-25(20)14(2)26)30-23(29)18-12-21(27)24-19-6-4-3-5-17(18)19/h3-8,11-13H,9-10H2,1-2H3,(H,24,27)/t13-/m0/s1. The number of aromatic nitrogens is 1. The Labute approximate surface area is 172 Å². The van der Waals surface area contributed by atoms with Gasteiger partial charge in [-0.2, -0.15) is 0 Å². The molecule has 0 spiro atoms. The highest BCUT2D eigenvalue weighted by atomic mass is 16.5. The van der Waals surface area contributed by atoms with Gasteiger partial charge in [-0.15, -0.1) is 0 Å². The van der Waals surface area contributed by atoms with Crippen molar-refractivity contribution in [3.05, 3.63) is 75.6 Å². The van der Waals surface area contributed by atoms with Crippen LogP contribution in [0.25, 0.3) is 10.9 Å². The number of ketones is 1. The number of rotatable bonds is 4. The van der Waals surface area contributed by atoms with E-state index in [9.17, 15) is 19.2 Å². The molecule has 1 N–H and O–H groups in total. The molecule has 3 aromatic rings. The fourth-order valence-electron chi connectivity index (χ4n) is 3.77. The lowest BCUT2D eigenvalue weighted by Crippen LogP contribution is -2.26. The van der Waals surface area contributed by atoms with Gasteiger partial charge in [0.1, 0.15) is 0 Å². The lowest BCUT2D eigenvalue weighted by Gasteiger charge is -2.16. The van der Waals surface area contributed by atoms with Crippen LogP contribution < -0.4 is 10.5 Å². The monoisotopic (exact) mass is 404 g/mol. The Morgan fingerprint density at radius 3 is 2.63 bits per heavy atom. The van der Waals surface area contributed by atoms with Crippen molar-refractivity contribution in [3.8, 4) is 0 Å².